The van der Waals surface area contributed by atoms with Crippen molar-refractivity contribution in [1.82, 2.24) is 5.48 Å². The average Bonchev–Trinajstić information content (AvgIpc) is 2.56. The van der Waals surface area contributed by atoms with Crippen molar-refractivity contribution in [3.63, 3.8) is 0 Å². The van der Waals surface area contributed by atoms with Crippen LogP contribution in [0.15, 0.2) is 24.3 Å². The maximum Gasteiger partial charge on any atom is 0.252 e. The van der Waals surface area contributed by atoms with Gasteiger partial charge in [-0.05, 0) is 6.07 Å². The van der Waals surface area contributed by atoms with E-state index in [1.165, 1.54) is 16.8 Å². The molecule has 2 rings (SSSR count). The molecule has 14 heavy (non-hydrogen) atoms. The molecule has 0 aliphatic rings. The Morgan fingerprint density at radius 2 is 2.14 bits per heavy atom. The molecule has 0 bridgehead atoms. The number of thiophene rings is 1. The zero-order valence-electron chi connectivity index (χ0n) is 6.91. The summed E-state index contributed by atoms with van der Waals surface area (Å²) in [6.07, 6.45) is 0. The first-order chi connectivity index (χ1) is 6.74. The van der Waals surface area contributed by atoms with E-state index in [9.17, 15) is 10.0 Å². The van der Waals surface area contributed by atoms with Gasteiger partial charge < -0.3 is 10.7 Å². The van der Waals surface area contributed by atoms with E-state index in [0.29, 0.717) is 5.02 Å². The number of amides is 1. The van der Waals surface area contributed by atoms with Gasteiger partial charge in [0.05, 0.1) is 5.02 Å². The number of benzene rings is 1. The fourth-order valence-corrected chi connectivity index (χ4v) is 2.61. The number of halogens is 1. The highest BCUT2D eigenvalue weighted by molar-refractivity contribution is 7.21. The summed E-state index contributed by atoms with van der Waals surface area (Å²) in [5.41, 5.74) is 1.32. The quantitative estimate of drug-likeness (QED) is 0.761. The molecule has 0 saturated carbocycles. The van der Waals surface area contributed by atoms with Crippen molar-refractivity contribution in [2.75, 3.05) is 0 Å². The standard InChI is InChI=1S/C9H5ClNO2S/c10-7-5-3-1-2-4-6(5)14-8(7)9(12)11-13/h1-4H,(H-,11,12,13)/q-1. The number of fused-ring (bicyclic) bond motifs is 1. The number of hydrogen-bond donors (Lipinski definition) is 1. The van der Waals surface area contributed by atoms with Crippen LogP contribution in [-0.2, 0) is 0 Å². The normalized spacial score (nSPS) is 10.4. The maximum absolute atomic E-state index is 11.1. The number of hydroxylamine groups is 1. The number of carbonyl (C=O) groups excluding carboxylic acids is 1. The third kappa shape index (κ3) is 1.37. The Kier molecular flexibility index (Phi) is 2.41. The number of nitrogens with one attached hydrogen (secondary N) is 1. The molecule has 0 spiro atoms. The number of carbonyl (C=O) groups is 1. The first-order valence-corrected chi connectivity index (χ1v) is 5.03. The fraction of sp³-hybridized carbons (Fsp3) is 0. The Bertz CT molecular complexity index is 495. The third-order valence-electron chi connectivity index (χ3n) is 1.83. The molecule has 0 aliphatic carbocycles. The van der Waals surface area contributed by atoms with Crippen LogP contribution < -0.4 is 5.48 Å². The summed E-state index contributed by atoms with van der Waals surface area (Å²) >= 11 is 7.15. The second-order valence-electron chi connectivity index (χ2n) is 2.67. The van der Waals surface area contributed by atoms with E-state index < -0.39 is 5.91 Å². The lowest BCUT2D eigenvalue weighted by Crippen LogP contribution is -2.14. The third-order valence-corrected chi connectivity index (χ3v) is 3.51. The predicted molar refractivity (Wildman–Crippen MR) is 57.7 cm³/mol. The second kappa shape index (κ2) is 3.57. The van der Waals surface area contributed by atoms with Gasteiger partial charge in [-0.15, -0.1) is 11.3 Å². The summed E-state index contributed by atoms with van der Waals surface area (Å²) in [6, 6.07) is 7.36. The molecule has 0 atom stereocenters. The maximum atomic E-state index is 11.1. The van der Waals surface area contributed by atoms with Gasteiger partial charge >= 0.3 is 0 Å². The zero-order valence-corrected chi connectivity index (χ0v) is 8.48. The van der Waals surface area contributed by atoms with Crippen LogP contribution in [0, 0.1) is 5.21 Å². The lowest BCUT2D eigenvalue weighted by atomic mass is 10.2. The molecule has 1 heterocycles. The Balaban J connectivity index is 2.68. The molecule has 1 aromatic carbocycles. The molecule has 5 heteroatoms. The van der Waals surface area contributed by atoms with Crippen molar-refractivity contribution in [2.45, 2.75) is 0 Å². The predicted octanol–water partition coefficient (Wildman–Crippen LogP) is 2.78. The molecular weight excluding hydrogens is 222 g/mol. The van der Waals surface area contributed by atoms with Gasteiger partial charge in [-0.1, -0.05) is 29.8 Å². The van der Waals surface area contributed by atoms with E-state index in [4.69, 9.17) is 11.6 Å². The Morgan fingerprint density at radius 3 is 2.79 bits per heavy atom. The van der Waals surface area contributed by atoms with Gasteiger partial charge in [-0.25, -0.2) is 0 Å². The fourth-order valence-electron chi connectivity index (χ4n) is 1.21. The molecular formula is C9H5ClNO2S-. The van der Waals surface area contributed by atoms with Gasteiger partial charge in [0, 0.05) is 10.1 Å². The highest BCUT2D eigenvalue weighted by Gasteiger charge is 2.13. The van der Waals surface area contributed by atoms with Gasteiger partial charge in [0.1, 0.15) is 4.88 Å². The molecule has 1 aromatic heterocycles. The minimum absolute atomic E-state index is 0.267. The first kappa shape index (κ1) is 9.45. The summed E-state index contributed by atoms with van der Waals surface area (Å²) in [4.78, 5) is 11.4. The lowest BCUT2D eigenvalue weighted by Gasteiger charge is -2.04. The molecule has 0 saturated heterocycles. The monoisotopic (exact) mass is 226 g/mol. The second-order valence-corrected chi connectivity index (χ2v) is 4.10. The van der Waals surface area contributed by atoms with Crippen molar-refractivity contribution in [3.05, 3.63) is 39.4 Å². The van der Waals surface area contributed by atoms with E-state index >= 15 is 0 Å². The zero-order chi connectivity index (χ0) is 10.1. The van der Waals surface area contributed by atoms with Crippen LogP contribution in [0.5, 0.6) is 0 Å². The minimum atomic E-state index is -0.684. The van der Waals surface area contributed by atoms with Crippen LogP contribution in [0.1, 0.15) is 9.67 Å². The van der Waals surface area contributed by atoms with Gasteiger partial charge in [0.25, 0.3) is 5.91 Å². The largest absolute Gasteiger partial charge is 0.759 e. The smallest absolute Gasteiger partial charge is 0.252 e. The summed E-state index contributed by atoms with van der Waals surface area (Å²) in [7, 11) is 0. The van der Waals surface area contributed by atoms with E-state index in [-0.39, 0.29) is 4.88 Å². The van der Waals surface area contributed by atoms with Crippen LogP contribution in [0.4, 0.5) is 0 Å². The SMILES string of the molecule is O=C(N[O-])c1sc2ccccc2c1Cl. The van der Waals surface area contributed by atoms with E-state index in [1.54, 1.807) is 0 Å². The molecule has 0 fully saturated rings. The summed E-state index contributed by atoms with van der Waals surface area (Å²) in [5, 5.41) is 11.4. The lowest BCUT2D eigenvalue weighted by molar-refractivity contribution is 0.0974. The molecule has 72 valence electrons. The molecule has 0 unspecified atom stereocenters. The van der Waals surface area contributed by atoms with Crippen LogP contribution >= 0.6 is 22.9 Å². The number of rotatable bonds is 1. The Hall–Kier alpha value is -1.10. The molecule has 3 nitrogen and oxygen atoms in total. The summed E-state index contributed by atoms with van der Waals surface area (Å²) in [6.45, 7) is 0. The van der Waals surface area contributed by atoms with E-state index in [1.807, 2.05) is 24.3 Å². The summed E-state index contributed by atoms with van der Waals surface area (Å²) in [5.74, 6) is -0.684. The molecule has 0 aliphatic heterocycles. The van der Waals surface area contributed by atoms with Gasteiger partial charge in [0.2, 0.25) is 0 Å². The molecule has 1 N–H and O–H groups in total. The van der Waals surface area contributed by atoms with Crippen LogP contribution in [0.25, 0.3) is 10.1 Å². The van der Waals surface area contributed by atoms with Crippen molar-refractivity contribution in [2.24, 2.45) is 0 Å². The van der Waals surface area contributed by atoms with E-state index in [0.717, 1.165) is 10.1 Å². The van der Waals surface area contributed by atoms with Gasteiger partial charge in [-0.2, -0.15) is 0 Å². The van der Waals surface area contributed by atoms with E-state index in [2.05, 4.69) is 0 Å². The first-order valence-electron chi connectivity index (χ1n) is 3.83. The molecule has 0 radical (unpaired) electrons. The topological polar surface area (TPSA) is 52.2 Å². The van der Waals surface area contributed by atoms with Gasteiger partial charge in [0.15, 0.2) is 0 Å². The van der Waals surface area contributed by atoms with Crippen molar-refractivity contribution >= 4 is 38.9 Å². The van der Waals surface area contributed by atoms with Crippen LogP contribution in [-0.4, -0.2) is 5.91 Å². The van der Waals surface area contributed by atoms with Crippen LogP contribution in [0.2, 0.25) is 5.02 Å². The highest BCUT2D eigenvalue weighted by atomic mass is 35.5. The molecule has 1 amide bonds. The van der Waals surface area contributed by atoms with Crippen molar-refractivity contribution in [1.29, 1.82) is 0 Å². The van der Waals surface area contributed by atoms with Crippen molar-refractivity contribution < 1.29 is 4.79 Å². The molecule has 2 aromatic rings. The van der Waals surface area contributed by atoms with Crippen molar-refractivity contribution in [3.8, 4) is 0 Å². The van der Waals surface area contributed by atoms with Crippen LogP contribution in [0.3, 0.4) is 0 Å². The number of hydrogen-bond acceptors (Lipinski definition) is 3. The van der Waals surface area contributed by atoms with Gasteiger partial charge in [-0.3, -0.25) is 4.79 Å². The highest BCUT2D eigenvalue weighted by Crippen LogP contribution is 2.34. The average molecular weight is 227 g/mol. The Labute approximate surface area is 88.9 Å². The minimum Gasteiger partial charge on any atom is -0.759 e. The Morgan fingerprint density at radius 1 is 1.43 bits per heavy atom. The summed E-state index contributed by atoms with van der Waals surface area (Å²) < 4.78 is 0.899.